The van der Waals surface area contributed by atoms with E-state index in [0.29, 0.717) is 0 Å². The quantitative estimate of drug-likeness (QED) is 0.0847. The molecule has 18 nitrogen and oxygen atoms in total. The van der Waals surface area contributed by atoms with E-state index < -0.39 is 117 Å². The van der Waals surface area contributed by atoms with Gasteiger partial charge in [0, 0.05) is 25.2 Å². The molecule has 2 heterocycles. The first-order valence-corrected chi connectivity index (χ1v) is 14.4. The minimum Gasteiger partial charge on any atom is -0.395 e. The number of hydrogen-bond donors (Lipinski definition) is 14. The van der Waals surface area contributed by atoms with E-state index in [-0.39, 0.29) is 26.1 Å². The SMILES string of the molecule is CN[C@@H]1[C@@H](O)[C@@H](O[C@H]2[C@H](NC(CO)CO)C[C@H](N)C(O[C@H]3O[C@H](CNCC(O)CO)[C@@H](O)[C@H](O)[C@H]3O)[C@@H]2O)OC[C@]1(C)O. The number of nitrogens with two attached hydrogens (primary N) is 1. The van der Waals surface area contributed by atoms with Gasteiger partial charge in [-0.1, -0.05) is 0 Å². The molecule has 2 unspecified atom stereocenters. The maximum Gasteiger partial charge on any atom is 0.187 e. The molecule has 0 aromatic rings. The van der Waals surface area contributed by atoms with Crippen molar-refractivity contribution in [2.75, 3.05) is 46.6 Å². The Kier molecular flexibility index (Phi) is 13.9. The topological polar surface area (TPSA) is 301 Å². The monoisotopic (exact) mass is 630 g/mol. The third-order valence-electron chi connectivity index (χ3n) is 8.24. The van der Waals surface area contributed by atoms with Crippen LogP contribution in [0.25, 0.3) is 0 Å². The molecule has 1 saturated carbocycles. The molecule has 18 heteroatoms. The summed E-state index contributed by atoms with van der Waals surface area (Å²) in [5, 5.41) is 111. The first-order valence-electron chi connectivity index (χ1n) is 14.4. The second-order valence-electron chi connectivity index (χ2n) is 11.7. The number of nitrogens with one attached hydrogen (secondary N) is 3. The summed E-state index contributed by atoms with van der Waals surface area (Å²) in [4.78, 5) is 0. The Hall–Kier alpha value is -0.720. The molecule has 0 amide bonds. The average molecular weight is 631 g/mol. The standard InChI is InChI=1S/C25H50N4O14/c1-25(39)9-40-23(19(38)22(25)27-2)43-21-13(29-10(6-30)7-31)3-12(26)20(18(21)37)42-24-17(36)16(35)15(34)14(41-24)5-28-4-11(33)8-32/h10-24,27-39H,3-9,26H2,1-2H3/t11?,12-,13+,14+,15+,16-,17+,18-,19+,20?,21-,22+,23+,24+,25-/m0/s1. The van der Waals surface area contributed by atoms with Crippen LogP contribution in [0.2, 0.25) is 0 Å². The smallest absolute Gasteiger partial charge is 0.187 e. The van der Waals surface area contributed by atoms with Gasteiger partial charge in [-0.2, -0.15) is 0 Å². The Morgan fingerprint density at radius 1 is 0.907 bits per heavy atom. The van der Waals surface area contributed by atoms with E-state index >= 15 is 0 Å². The van der Waals surface area contributed by atoms with Crippen molar-refractivity contribution in [2.24, 2.45) is 5.73 Å². The van der Waals surface area contributed by atoms with E-state index in [1.165, 1.54) is 6.92 Å². The lowest BCUT2D eigenvalue weighted by Gasteiger charge is -2.50. The van der Waals surface area contributed by atoms with Crippen LogP contribution in [0.5, 0.6) is 0 Å². The third kappa shape index (κ3) is 8.76. The molecule has 0 aromatic heterocycles. The molecule has 2 saturated heterocycles. The van der Waals surface area contributed by atoms with Crippen LogP contribution < -0.4 is 21.7 Å². The van der Waals surface area contributed by atoms with E-state index in [2.05, 4.69) is 16.0 Å². The molecule has 43 heavy (non-hydrogen) atoms. The summed E-state index contributed by atoms with van der Waals surface area (Å²) >= 11 is 0. The largest absolute Gasteiger partial charge is 0.395 e. The van der Waals surface area contributed by atoms with E-state index in [4.69, 9.17) is 29.8 Å². The molecule has 2 aliphatic heterocycles. The fourth-order valence-electron chi connectivity index (χ4n) is 5.76. The van der Waals surface area contributed by atoms with Gasteiger partial charge in [0.15, 0.2) is 12.6 Å². The van der Waals surface area contributed by atoms with Crippen LogP contribution in [0.3, 0.4) is 0 Å². The third-order valence-corrected chi connectivity index (χ3v) is 8.24. The van der Waals surface area contributed by atoms with Crippen molar-refractivity contribution in [1.82, 2.24) is 16.0 Å². The summed E-state index contributed by atoms with van der Waals surface area (Å²) in [5.41, 5.74) is 4.93. The van der Waals surface area contributed by atoms with Gasteiger partial charge in [-0.15, -0.1) is 0 Å². The molecular weight excluding hydrogens is 580 g/mol. The molecule has 0 aromatic carbocycles. The first kappa shape index (κ1) is 36.7. The minimum atomic E-state index is -1.75. The van der Waals surface area contributed by atoms with Crippen LogP contribution >= 0.6 is 0 Å². The Morgan fingerprint density at radius 3 is 2.16 bits per heavy atom. The second kappa shape index (κ2) is 16.2. The summed E-state index contributed by atoms with van der Waals surface area (Å²) in [5.74, 6) is 0. The van der Waals surface area contributed by atoms with E-state index in [0.717, 1.165) is 0 Å². The average Bonchev–Trinajstić information content (AvgIpc) is 2.97. The van der Waals surface area contributed by atoms with Crippen LogP contribution in [0.1, 0.15) is 13.3 Å². The molecule has 0 spiro atoms. The highest BCUT2D eigenvalue weighted by molar-refractivity contribution is 5.03. The van der Waals surface area contributed by atoms with Gasteiger partial charge in [-0.3, -0.25) is 0 Å². The molecule has 3 aliphatic rings. The van der Waals surface area contributed by atoms with Crippen molar-refractivity contribution in [2.45, 2.75) is 111 Å². The van der Waals surface area contributed by atoms with Crippen molar-refractivity contribution in [3.05, 3.63) is 0 Å². The van der Waals surface area contributed by atoms with Gasteiger partial charge in [0.2, 0.25) is 0 Å². The predicted molar refractivity (Wildman–Crippen MR) is 145 cm³/mol. The summed E-state index contributed by atoms with van der Waals surface area (Å²) < 4.78 is 23.2. The highest BCUT2D eigenvalue weighted by Crippen LogP contribution is 2.32. The van der Waals surface area contributed by atoms with Gasteiger partial charge >= 0.3 is 0 Å². The first-order chi connectivity index (χ1) is 20.3. The van der Waals surface area contributed by atoms with Crippen LogP contribution in [0.4, 0.5) is 0 Å². The summed E-state index contributed by atoms with van der Waals surface area (Å²) in [6, 6.07) is -3.42. The fraction of sp³-hybridized carbons (Fsp3) is 1.00. The molecule has 1 aliphatic carbocycles. The number of likely N-dealkylation sites (N-methyl/N-ethyl adjacent to an activating group) is 1. The van der Waals surface area contributed by atoms with Crippen LogP contribution in [0.15, 0.2) is 0 Å². The van der Waals surface area contributed by atoms with Crippen molar-refractivity contribution < 1.29 is 70.0 Å². The zero-order valence-corrected chi connectivity index (χ0v) is 24.3. The lowest BCUT2D eigenvalue weighted by atomic mass is 9.83. The Morgan fingerprint density at radius 2 is 1.56 bits per heavy atom. The second-order valence-corrected chi connectivity index (χ2v) is 11.7. The van der Waals surface area contributed by atoms with E-state index in [1.54, 1.807) is 7.05 Å². The molecule has 0 radical (unpaired) electrons. The molecule has 3 rings (SSSR count). The normalized spacial score (nSPS) is 44.9. The fourth-order valence-corrected chi connectivity index (χ4v) is 5.76. The van der Waals surface area contributed by atoms with Gasteiger partial charge < -0.3 is 91.7 Å². The molecule has 254 valence electrons. The van der Waals surface area contributed by atoms with Crippen molar-refractivity contribution in [3.63, 3.8) is 0 Å². The van der Waals surface area contributed by atoms with Crippen LogP contribution in [-0.2, 0) is 18.9 Å². The lowest BCUT2D eigenvalue weighted by Crippen LogP contribution is -2.70. The number of aliphatic hydroxyl groups is 10. The number of ether oxygens (including phenoxy) is 4. The molecule has 0 bridgehead atoms. The molecule has 15 N–H and O–H groups in total. The van der Waals surface area contributed by atoms with E-state index in [1.807, 2.05) is 0 Å². The van der Waals surface area contributed by atoms with Gasteiger partial charge in [-0.25, -0.2) is 0 Å². The minimum absolute atomic E-state index is 0.0386. The number of aliphatic hydroxyl groups excluding tert-OH is 9. The highest BCUT2D eigenvalue weighted by atomic mass is 16.7. The Labute approximate surface area is 249 Å². The maximum absolute atomic E-state index is 11.5. The number of hydrogen-bond acceptors (Lipinski definition) is 18. The summed E-state index contributed by atoms with van der Waals surface area (Å²) in [7, 11) is 1.54. The van der Waals surface area contributed by atoms with E-state index in [9.17, 15) is 46.0 Å². The van der Waals surface area contributed by atoms with Gasteiger partial charge in [0.05, 0.1) is 44.6 Å². The molecule has 15 atom stereocenters. The van der Waals surface area contributed by atoms with Crippen molar-refractivity contribution >= 4 is 0 Å². The van der Waals surface area contributed by atoms with Crippen molar-refractivity contribution in [3.8, 4) is 0 Å². The molecule has 3 fully saturated rings. The summed E-state index contributed by atoms with van der Waals surface area (Å²) in [6.45, 7) is -0.299. The predicted octanol–water partition coefficient (Wildman–Crippen LogP) is -8.03. The molecular formula is C25H50N4O14. The lowest BCUT2D eigenvalue weighted by molar-refractivity contribution is -0.331. The maximum atomic E-state index is 11.5. The Bertz CT molecular complexity index is 831. The van der Waals surface area contributed by atoms with Crippen LogP contribution in [0, 0.1) is 0 Å². The van der Waals surface area contributed by atoms with Crippen LogP contribution in [-0.4, -0.2) is 195 Å². The number of rotatable bonds is 14. The van der Waals surface area contributed by atoms with Gasteiger partial charge in [0.25, 0.3) is 0 Å². The summed E-state index contributed by atoms with van der Waals surface area (Å²) in [6.07, 6.45) is -15.6. The zero-order chi connectivity index (χ0) is 32.1. The highest BCUT2D eigenvalue weighted by Gasteiger charge is 2.53. The van der Waals surface area contributed by atoms with Crippen molar-refractivity contribution in [1.29, 1.82) is 0 Å². The van der Waals surface area contributed by atoms with Gasteiger partial charge in [0.1, 0.15) is 54.4 Å². The van der Waals surface area contributed by atoms with Gasteiger partial charge in [-0.05, 0) is 20.4 Å². The Balaban J connectivity index is 1.79. The zero-order valence-electron chi connectivity index (χ0n) is 24.3.